The average Bonchev–Trinajstić information content (AvgIpc) is 1.53. The second-order valence-corrected chi connectivity index (χ2v) is 27.8. The summed E-state index contributed by atoms with van der Waals surface area (Å²) in [6, 6.07) is 22.0. The van der Waals surface area contributed by atoms with E-state index in [1.807, 2.05) is 53.4 Å². The molecule has 2 aliphatic heterocycles. The molecule has 10 amide bonds. The van der Waals surface area contributed by atoms with Crippen LogP contribution in [0.1, 0.15) is 110 Å². The lowest BCUT2D eigenvalue weighted by Gasteiger charge is -2.39. The van der Waals surface area contributed by atoms with Crippen molar-refractivity contribution in [2.24, 2.45) is 28.2 Å². The van der Waals surface area contributed by atoms with Gasteiger partial charge in [0.1, 0.15) is 11.7 Å². The van der Waals surface area contributed by atoms with Crippen molar-refractivity contribution in [1.29, 1.82) is 0 Å². The van der Waals surface area contributed by atoms with E-state index in [-0.39, 0.29) is 135 Å². The van der Waals surface area contributed by atoms with Crippen LogP contribution in [0.25, 0.3) is 11.1 Å². The number of nitrogens with one attached hydrogen (secondary N) is 10. The maximum atomic E-state index is 13.3. The summed E-state index contributed by atoms with van der Waals surface area (Å²) < 4.78 is 50.4. The molecule has 7 aromatic rings. The fourth-order valence-electron chi connectivity index (χ4n) is 12.5. The number of nitrogens with zero attached hydrogens (tertiary/aromatic N) is 9. The topological polar surface area (TPSA) is 430 Å². The van der Waals surface area contributed by atoms with Crippen LogP contribution in [0.15, 0.2) is 116 Å². The number of hydrogen-bond acceptors (Lipinski definition) is 23. The van der Waals surface area contributed by atoms with Crippen LogP contribution in [0, 0.1) is 0 Å². The number of ether oxygens (including phenoxy) is 8. The van der Waals surface area contributed by atoms with E-state index in [0.717, 1.165) is 34.5 Å². The Morgan fingerprint density at radius 1 is 0.470 bits per heavy atom. The van der Waals surface area contributed by atoms with Gasteiger partial charge in [-0.15, -0.1) is 0 Å². The first kappa shape index (κ1) is 89.5. The van der Waals surface area contributed by atoms with E-state index < -0.39 is 41.5 Å². The van der Waals surface area contributed by atoms with Crippen molar-refractivity contribution in [3.8, 4) is 11.1 Å². The highest BCUT2D eigenvalue weighted by molar-refractivity contribution is 6.30. The Morgan fingerprint density at radius 2 is 0.966 bits per heavy atom. The molecule has 0 bridgehead atoms. The fraction of sp³-hybridized carbons (Fsp3) is 0.456. The number of likely N-dealkylation sites (N-methyl/N-ethyl adjacent to an activating group) is 1. The van der Waals surface area contributed by atoms with Crippen molar-refractivity contribution in [3.63, 3.8) is 0 Å². The molecule has 0 radical (unpaired) electrons. The Morgan fingerprint density at radius 3 is 1.51 bits per heavy atom. The van der Waals surface area contributed by atoms with E-state index in [2.05, 4.69) is 81.1 Å². The lowest BCUT2D eigenvalue weighted by molar-refractivity contribution is -0.125. The van der Waals surface area contributed by atoms with Gasteiger partial charge in [0.2, 0.25) is 41.2 Å². The number of anilines is 5. The minimum atomic E-state index is -0.635. The van der Waals surface area contributed by atoms with Crippen molar-refractivity contribution in [2.45, 2.75) is 64.1 Å². The largest absolute Gasteiger partial charge is 0.378 e. The molecule has 37 nitrogen and oxygen atoms in total. The molecule has 10 N–H and O–H groups in total. The minimum absolute atomic E-state index is 0.00620. The molecule has 4 aromatic heterocycles. The number of amides is 10. The number of carbonyl (C=O) groups is 10. The van der Waals surface area contributed by atoms with E-state index in [1.54, 1.807) is 76.2 Å². The van der Waals surface area contributed by atoms with Gasteiger partial charge in [0.05, 0.1) is 117 Å². The number of hydrogen-bond donors (Lipinski definition) is 10. The van der Waals surface area contributed by atoms with E-state index in [9.17, 15) is 47.9 Å². The third-order valence-corrected chi connectivity index (χ3v) is 18.6. The first-order valence-electron chi connectivity index (χ1n) is 38.4. The van der Waals surface area contributed by atoms with Gasteiger partial charge >= 0.3 is 0 Å². The molecule has 6 heterocycles. The molecule has 3 atom stereocenters. The monoisotopic (exact) mass is 1640 g/mol. The number of fused-ring (bicyclic) bond motifs is 1. The van der Waals surface area contributed by atoms with Crippen molar-refractivity contribution in [3.05, 3.63) is 155 Å². The van der Waals surface area contributed by atoms with Gasteiger partial charge in [-0.2, -0.15) is 0 Å². The molecule has 630 valence electrons. The zero-order chi connectivity index (χ0) is 83.6. The van der Waals surface area contributed by atoms with Gasteiger partial charge in [0.25, 0.3) is 29.5 Å². The molecular weight excluding hydrogens is 1540 g/mol. The third-order valence-electron chi connectivity index (χ3n) is 18.4. The molecule has 117 heavy (non-hydrogen) atoms. The molecule has 2 unspecified atom stereocenters. The van der Waals surface area contributed by atoms with Gasteiger partial charge in [-0.05, 0) is 84.6 Å². The predicted molar refractivity (Wildman–Crippen MR) is 432 cm³/mol. The van der Waals surface area contributed by atoms with Crippen LogP contribution in [-0.2, 0) is 90.1 Å². The summed E-state index contributed by atoms with van der Waals surface area (Å²) in [5.41, 5.74) is 6.28. The highest BCUT2D eigenvalue weighted by Crippen LogP contribution is 2.41. The van der Waals surface area contributed by atoms with E-state index in [4.69, 9.17) is 49.5 Å². The molecule has 0 fully saturated rings. The van der Waals surface area contributed by atoms with Crippen molar-refractivity contribution in [1.82, 2.24) is 70.0 Å². The normalized spacial score (nSPS) is 14.3. The van der Waals surface area contributed by atoms with Gasteiger partial charge in [-0.25, -0.2) is 15.0 Å². The second-order valence-electron chi connectivity index (χ2n) is 27.3. The number of benzene rings is 3. The first-order chi connectivity index (χ1) is 56.5. The molecule has 2 aliphatic rings. The Balaban J connectivity index is 0.503. The van der Waals surface area contributed by atoms with Gasteiger partial charge in [-0.3, -0.25) is 47.9 Å². The number of aryl methyl sites for hydroxylation is 4. The minimum Gasteiger partial charge on any atom is -0.378 e. The predicted octanol–water partition coefficient (Wildman–Crippen LogP) is 4.07. The highest BCUT2D eigenvalue weighted by Gasteiger charge is 2.34. The second kappa shape index (κ2) is 46.4. The zero-order valence-corrected chi connectivity index (χ0v) is 67.5. The van der Waals surface area contributed by atoms with E-state index >= 15 is 0 Å². The Kier molecular flexibility index (Phi) is 35.5. The summed E-state index contributed by atoms with van der Waals surface area (Å²) in [7, 11) is 8.13. The van der Waals surface area contributed by atoms with E-state index in [0.29, 0.717) is 122 Å². The zero-order valence-electron chi connectivity index (χ0n) is 66.8. The number of carbonyl (C=O) groups excluding carboxylic acids is 10. The van der Waals surface area contributed by atoms with Crippen LogP contribution < -0.4 is 58.1 Å². The number of aromatic nitrogens is 7. The van der Waals surface area contributed by atoms with Crippen LogP contribution in [0.5, 0.6) is 0 Å². The molecule has 0 spiro atoms. The lowest BCUT2D eigenvalue weighted by atomic mass is 9.88. The molecule has 0 saturated heterocycles. The lowest BCUT2D eigenvalue weighted by Crippen LogP contribution is -2.43. The first-order valence-corrected chi connectivity index (χ1v) is 38.8. The summed E-state index contributed by atoms with van der Waals surface area (Å²) >= 11 is 6.14. The van der Waals surface area contributed by atoms with Crippen LogP contribution >= 0.6 is 11.6 Å². The number of imidazole rings is 3. The van der Waals surface area contributed by atoms with Gasteiger partial charge in [0.15, 0.2) is 17.5 Å². The molecule has 0 aliphatic carbocycles. The van der Waals surface area contributed by atoms with Crippen LogP contribution in [0.2, 0.25) is 5.02 Å². The third kappa shape index (κ3) is 28.5. The molecule has 0 saturated carbocycles. The maximum absolute atomic E-state index is 13.3. The highest BCUT2D eigenvalue weighted by atomic mass is 35.5. The summed E-state index contributed by atoms with van der Waals surface area (Å²) in [4.78, 5) is 145. The van der Waals surface area contributed by atoms with Crippen LogP contribution in [0.4, 0.5) is 28.7 Å². The number of halogens is 1. The Labute approximate surface area is 682 Å². The summed E-state index contributed by atoms with van der Waals surface area (Å²) in [5.74, 6) is -3.60. The quantitative estimate of drug-likeness (QED) is 0.0240. The molecule has 9 rings (SSSR count). The summed E-state index contributed by atoms with van der Waals surface area (Å²) in [5, 5.41) is 28.7. The summed E-state index contributed by atoms with van der Waals surface area (Å²) in [6.07, 6.45) is 9.95. The van der Waals surface area contributed by atoms with Gasteiger partial charge in [0, 0.05) is 171 Å². The van der Waals surface area contributed by atoms with Gasteiger partial charge < -0.3 is 119 Å². The van der Waals surface area contributed by atoms with Crippen molar-refractivity contribution < 1.29 is 85.8 Å². The number of rotatable bonds is 49. The standard InChI is InChI=1S/C79H104ClN19O18/c1-52-44-62(87-58-15-13-57(80)14-16-58)61-45-56(12-17-63(61)99(52)53(2)100)54-8-10-55(11-9-54)74(104)86-26-29-111-31-33-113-35-37-115-39-41-117-43-42-116-40-38-114-36-34-112-32-30-110-28-25-81-68(101)18-21-85-77(107)72-92-66(50-97(72)6)90-69(102)19-22-84-76(106)65-47-60(49-96(65)5)89-79(109)73-93-67(51-98(73)7)91-70(103)20-23-83-75(105)64-46-59(48-95(64)4)88-78(108)71-82-24-27-94(71)3/h8-17,24,27,45,47-52,62,64,87H,18-23,25-26,28-44,46H2,1-7H3,(H,81,101)(H,83,105)(H,84,106)(H,85,107)(H,86,104)(H,88,108)(H,89,109)(H,90,102)(H,91,103)/t52-,62?,64?/m0/s1. The van der Waals surface area contributed by atoms with Crippen molar-refractivity contribution in [2.75, 3.05) is 172 Å². The maximum Gasteiger partial charge on any atom is 0.291 e. The SMILES string of the molecule is CC(=O)N1c2ccc(-c3ccc(C(=O)NCCOCCOCCOCCOCCOCCOCCOCCOCCNC(=O)CCNC(=O)c4nc(NC(=O)CCNC(=O)c5cc(NC(=O)c6nc(NC(=O)CCNC(=O)C7CC(NC(=O)c8nccn8C)=CN7C)cn6C)cn5C)cn4C)cc3)cc2C(Nc2ccc(Cl)cc2)C[C@@H]1C. The fourth-order valence-corrected chi connectivity index (χ4v) is 12.7. The smallest absolute Gasteiger partial charge is 0.291 e. The van der Waals surface area contributed by atoms with E-state index in [1.165, 1.54) is 44.6 Å². The Bertz CT molecular complexity index is 4520. The summed E-state index contributed by atoms with van der Waals surface area (Å²) in [6.45, 7) is 10.2. The van der Waals surface area contributed by atoms with Crippen LogP contribution in [0.3, 0.4) is 0 Å². The van der Waals surface area contributed by atoms with Crippen molar-refractivity contribution >= 4 is 99.4 Å². The Hall–Kier alpha value is -11.4. The molecular formula is C79H104ClN19O18. The average molecular weight is 1640 g/mol. The van der Waals surface area contributed by atoms with Crippen LogP contribution in [-0.4, -0.2) is 255 Å². The van der Waals surface area contributed by atoms with Gasteiger partial charge in [-0.1, -0.05) is 29.8 Å². The molecule has 3 aromatic carbocycles. The molecule has 38 heteroatoms.